The zero-order chi connectivity index (χ0) is 12.3. The number of nitrogens with zero attached hydrogens (tertiary/aromatic N) is 1. The van der Waals surface area contributed by atoms with Gasteiger partial charge in [0.15, 0.2) is 0 Å². The Hall–Kier alpha value is -1.51. The second kappa shape index (κ2) is 5.21. The zero-order valence-corrected chi connectivity index (χ0v) is 10.6. The fourth-order valence-electron chi connectivity index (χ4n) is 2.23. The molecule has 0 aliphatic carbocycles. The molecule has 3 nitrogen and oxygen atoms in total. The van der Waals surface area contributed by atoms with Gasteiger partial charge in [-0.1, -0.05) is 32.0 Å². The number of hydrogen-bond donors (Lipinski definition) is 1. The molecule has 1 fully saturated rings. The summed E-state index contributed by atoms with van der Waals surface area (Å²) in [5.74, 6) is 0.487. The molecule has 17 heavy (non-hydrogen) atoms. The van der Waals surface area contributed by atoms with Crippen molar-refractivity contribution in [1.82, 2.24) is 5.32 Å². The molecule has 1 atom stereocenters. The summed E-state index contributed by atoms with van der Waals surface area (Å²) >= 11 is 0. The SMILES string of the molecule is CCC(C)c1ccccc1N1CCCNC1=O. The minimum Gasteiger partial charge on any atom is -0.338 e. The van der Waals surface area contributed by atoms with Gasteiger partial charge in [-0.05, 0) is 30.4 Å². The van der Waals surface area contributed by atoms with Crippen molar-refractivity contribution in [1.29, 1.82) is 0 Å². The number of carbonyl (C=O) groups excluding carboxylic acids is 1. The second-order valence-electron chi connectivity index (χ2n) is 4.61. The first-order chi connectivity index (χ1) is 8.24. The molecule has 0 aromatic heterocycles. The largest absolute Gasteiger partial charge is 0.338 e. The predicted octanol–water partition coefficient (Wildman–Crippen LogP) is 3.12. The molecule has 2 rings (SSSR count). The van der Waals surface area contributed by atoms with Crippen LogP contribution in [0.2, 0.25) is 0 Å². The fraction of sp³-hybridized carbons (Fsp3) is 0.500. The predicted molar refractivity (Wildman–Crippen MR) is 70.5 cm³/mol. The van der Waals surface area contributed by atoms with E-state index in [0.717, 1.165) is 31.6 Å². The Kier molecular flexibility index (Phi) is 3.67. The maximum atomic E-state index is 11.9. The highest BCUT2D eigenvalue weighted by atomic mass is 16.2. The highest BCUT2D eigenvalue weighted by Crippen LogP contribution is 2.30. The van der Waals surface area contributed by atoms with E-state index in [1.54, 1.807) is 0 Å². The maximum absolute atomic E-state index is 11.9. The molecule has 1 aromatic carbocycles. The van der Waals surface area contributed by atoms with Crippen LogP contribution in [0.1, 0.15) is 38.2 Å². The number of anilines is 1. The van der Waals surface area contributed by atoms with Crippen LogP contribution in [-0.2, 0) is 0 Å². The van der Waals surface area contributed by atoms with Gasteiger partial charge in [-0.3, -0.25) is 4.90 Å². The summed E-state index contributed by atoms with van der Waals surface area (Å²) < 4.78 is 0. The molecular weight excluding hydrogens is 212 g/mol. The Morgan fingerprint density at radius 1 is 1.41 bits per heavy atom. The Bertz CT molecular complexity index is 403. The summed E-state index contributed by atoms with van der Waals surface area (Å²) in [6, 6.07) is 8.26. The number of benzene rings is 1. The molecular formula is C14H20N2O. The first kappa shape index (κ1) is 12.0. The average Bonchev–Trinajstić information content (AvgIpc) is 2.38. The molecule has 3 heteroatoms. The molecule has 1 heterocycles. The van der Waals surface area contributed by atoms with E-state index in [1.807, 2.05) is 23.1 Å². The van der Waals surface area contributed by atoms with Crippen LogP contribution in [0.4, 0.5) is 10.5 Å². The summed E-state index contributed by atoms with van der Waals surface area (Å²) in [5.41, 5.74) is 2.34. The summed E-state index contributed by atoms with van der Waals surface area (Å²) in [7, 11) is 0. The average molecular weight is 232 g/mol. The van der Waals surface area contributed by atoms with Crippen LogP contribution in [0.5, 0.6) is 0 Å². The van der Waals surface area contributed by atoms with Crippen LogP contribution in [-0.4, -0.2) is 19.1 Å². The molecule has 92 valence electrons. The molecule has 0 saturated carbocycles. The normalized spacial score (nSPS) is 17.8. The summed E-state index contributed by atoms with van der Waals surface area (Å²) in [4.78, 5) is 13.7. The van der Waals surface area contributed by atoms with Crippen LogP contribution in [0.15, 0.2) is 24.3 Å². The fourth-order valence-corrected chi connectivity index (χ4v) is 2.23. The van der Waals surface area contributed by atoms with Crippen LogP contribution in [0.25, 0.3) is 0 Å². The lowest BCUT2D eigenvalue weighted by Crippen LogP contribution is -2.46. The second-order valence-corrected chi connectivity index (χ2v) is 4.61. The third kappa shape index (κ3) is 2.43. The van der Waals surface area contributed by atoms with Crippen molar-refractivity contribution in [3.8, 4) is 0 Å². The highest BCUT2D eigenvalue weighted by molar-refractivity contribution is 5.93. The number of hydrogen-bond acceptors (Lipinski definition) is 1. The van der Waals surface area contributed by atoms with Crippen LogP contribution in [0.3, 0.4) is 0 Å². The third-order valence-electron chi connectivity index (χ3n) is 3.45. The quantitative estimate of drug-likeness (QED) is 0.853. The topological polar surface area (TPSA) is 32.3 Å². The molecule has 1 aliphatic rings. The van der Waals surface area contributed by atoms with E-state index in [4.69, 9.17) is 0 Å². The van der Waals surface area contributed by atoms with E-state index in [-0.39, 0.29) is 6.03 Å². The number of urea groups is 1. The molecule has 1 saturated heterocycles. The Labute approximate surface area is 103 Å². The van der Waals surface area contributed by atoms with Crippen LogP contribution in [0, 0.1) is 0 Å². The minimum atomic E-state index is 0.0343. The van der Waals surface area contributed by atoms with Gasteiger partial charge < -0.3 is 5.32 Å². The van der Waals surface area contributed by atoms with Crippen molar-refractivity contribution >= 4 is 11.7 Å². The maximum Gasteiger partial charge on any atom is 0.321 e. The van der Waals surface area contributed by atoms with Crippen LogP contribution >= 0.6 is 0 Å². The van der Waals surface area contributed by atoms with E-state index < -0.39 is 0 Å². The van der Waals surface area contributed by atoms with Gasteiger partial charge in [-0.25, -0.2) is 4.79 Å². The number of carbonyl (C=O) groups is 1. The lowest BCUT2D eigenvalue weighted by molar-refractivity contribution is 0.243. The summed E-state index contributed by atoms with van der Waals surface area (Å²) in [6.07, 6.45) is 2.10. The lowest BCUT2D eigenvalue weighted by Gasteiger charge is -2.30. The van der Waals surface area contributed by atoms with Crippen molar-refractivity contribution in [3.05, 3.63) is 29.8 Å². The van der Waals surface area contributed by atoms with E-state index in [0.29, 0.717) is 5.92 Å². The van der Waals surface area contributed by atoms with Gasteiger partial charge in [0.25, 0.3) is 0 Å². The van der Waals surface area contributed by atoms with Gasteiger partial charge in [-0.2, -0.15) is 0 Å². The standard InChI is InChI=1S/C14H20N2O/c1-3-11(2)12-7-4-5-8-13(12)16-10-6-9-15-14(16)17/h4-5,7-8,11H,3,6,9-10H2,1-2H3,(H,15,17). The Morgan fingerprint density at radius 3 is 2.88 bits per heavy atom. The lowest BCUT2D eigenvalue weighted by atomic mass is 9.96. The van der Waals surface area contributed by atoms with E-state index in [9.17, 15) is 4.79 Å². The molecule has 1 N–H and O–H groups in total. The van der Waals surface area contributed by atoms with Gasteiger partial charge in [0, 0.05) is 18.8 Å². The number of rotatable bonds is 3. The van der Waals surface area contributed by atoms with Crippen molar-refractivity contribution in [2.75, 3.05) is 18.0 Å². The zero-order valence-electron chi connectivity index (χ0n) is 10.6. The molecule has 1 unspecified atom stereocenters. The van der Waals surface area contributed by atoms with Crippen molar-refractivity contribution < 1.29 is 4.79 Å². The molecule has 1 aliphatic heterocycles. The Balaban J connectivity index is 2.33. The first-order valence-corrected chi connectivity index (χ1v) is 6.38. The van der Waals surface area contributed by atoms with Gasteiger partial charge in [0.1, 0.15) is 0 Å². The van der Waals surface area contributed by atoms with Crippen molar-refractivity contribution in [3.63, 3.8) is 0 Å². The monoisotopic (exact) mass is 232 g/mol. The minimum absolute atomic E-state index is 0.0343. The number of amides is 2. The van der Waals surface area contributed by atoms with Gasteiger partial charge in [-0.15, -0.1) is 0 Å². The summed E-state index contributed by atoms with van der Waals surface area (Å²) in [6.45, 7) is 6.00. The summed E-state index contributed by atoms with van der Waals surface area (Å²) in [5, 5.41) is 2.90. The van der Waals surface area contributed by atoms with E-state index in [1.165, 1.54) is 5.56 Å². The van der Waals surface area contributed by atoms with Gasteiger partial charge in [0.2, 0.25) is 0 Å². The van der Waals surface area contributed by atoms with Gasteiger partial charge in [0.05, 0.1) is 0 Å². The molecule has 2 amide bonds. The van der Waals surface area contributed by atoms with E-state index in [2.05, 4.69) is 25.2 Å². The van der Waals surface area contributed by atoms with Gasteiger partial charge >= 0.3 is 6.03 Å². The Morgan fingerprint density at radius 2 is 2.18 bits per heavy atom. The van der Waals surface area contributed by atoms with Crippen molar-refractivity contribution in [2.45, 2.75) is 32.6 Å². The molecule has 0 radical (unpaired) electrons. The third-order valence-corrected chi connectivity index (χ3v) is 3.45. The van der Waals surface area contributed by atoms with E-state index >= 15 is 0 Å². The highest BCUT2D eigenvalue weighted by Gasteiger charge is 2.22. The number of nitrogens with one attached hydrogen (secondary N) is 1. The first-order valence-electron chi connectivity index (χ1n) is 6.38. The smallest absolute Gasteiger partial charge is 0.321 e. The molecule has 1 aromatic rings. The van der Waals surface area contributed by atoms with Crippen molar-refractivity contribution in [2.24, 2.45) is 0 Å². The molecule has 0 spiro atoms. The van der Waals surface area contributed by atoms with Crippen LogP contribution < -0.4 is 10.2 Å². The molecule has 0 bridgehead atoms. The number of para-hydroxylation sites is 1.